The van der Waals surface area contributed by atoms with Crippen LogP contribution in [0.4, 0.5) is 11.4 Å². The molecule has 0 saturated heterocycles. The van der Waals surface area contributed by atoms with E-state index >= 15 is 0 Å². The Balaban J connectivity index is 2.35. The molecular weight excluding hydrogens is 234 g/mol. The predicted octanol–water partition coefficient (Wildman–Crippen LogP) is 1.77. The average molecular weight is 249 g/mol. The third kappa shape index (κ3) is 2.27. The molecule has 1 aliphatic rings. The number of hydrogen-bond acceptors (Lipinski definition) is 4. The van der Waals surface area contributed by atoms with Crippen molar-refractivity contribution < 1.29 is 9.72 Å². The van der Waals surface area contributed by atoms with Crippen LogP contribution in [-0.4, -0.2) is 23.4 Å². The van der Waals surface area contributed by atoms with Crippen molar-refractivity contribution in [3.05, 3.63) is 33.9 Å². The SMILES string of the molecule is CC(C)C1CNc2cc([N+](=O)[O-])ccc2C(=O)N1. The van der Waals surface area contributed by atoms with E-state index in [4.69, 9.17) is 0 Å². The number of anilines is 1. The van der Waals surface area contributed by atoms with Crippen LogP contribution in [0.25, 0.3) is 0 Å². The molecular formula is C12H15N3O3. The van der Waals surface area contributed by atoms with Gasteiger partial charge in [0.25, 0.3) is 11.6 Å². The van der Waals surface area contributed by atoms with E-state index < -0.39 is 4.92 Å². The first-order valence-electron chi connectivity index (χ1n) is 5.82. The summed E-state index contributed by atoms with van der Waals surface area (Å²) in [7, 11) is 0. The molecule has 1 heterocycles. The van der Waals surface area contributed by atoms with Crippen LogP contribution in [-0.2, 0) is 0 Å². The first kappa shape index (κ1) is 12.3. The van der Waals surface area contributed by atoms with E-state index in [0.717, 1.165) is 0 Å². The van der Waals surface area contributed by atoms with Gasteiger partial charge < -0.3 is 10.6 Å². The molecule has 1 aliphatic heterocycles. The molecule has 2 rings (SSSR count). The number of nitro groups is 1. The summed E-state index contributed by atoms with van der Waals surface area (Å²) in [6.07, 6.45) is 0. The number of non-ortho nitro benzene ring substituents is 1. The third-order valence-corrected chi connectivity index (χ3v) is 3.09. The highest BCUT2D eigenvalue weighted by molar-refractivity contribution is 6.00. The molecule has 0 aliphatic carbocycles. The van der Waals surface area contributed by atoms with Gasteiger partial charge in [-0.1, -0.05) is 13.8 Å². The van der Waals surface area contributed by atoms with Crippen LogP contribution in [0.1, 0.15) is 24.2 Å². The summed E-state index contributed by atoms with van der Waals surface area (Å²) < 4.78 is 0. The minimum Gasteiger partial charge on any atom is -0.382 e. The molecule has 0 spiro atoms. The molecule has 96 valence electrons. The molecule has 6 heteroatoms. The zero-order valence-electron chi connectivity index (χ0n) is 10.3. The number of amides is 1. The maximum atomic E-state index is 12.0. The van der Waals surface area contributed by atoms with Crippen LogP contribution < -0.4 is 10.6 Å². The van der Waals surface area contributed by atoms with Gasteiger partial charge in [-0.15, -0.1) is 0 Å². The molecule has 1 aromatic rings. The Morgan fingerprint density at radius 1 is 1.44 bits per heavy atom. The van der Waals surface area contributed by atoms with E-state index in [1.807, 2.05) is 13.8 Å². The summed E-state index contributed by atoms with van der Waals surface area (Å²) >= 11 is 0. The smallest absolute Gasteiger partial charge is 0.271 e. The van der Waals surface area contributed by atoms with E-state index in [1.54, 1.807) is 0 Å². The van der Waals surface area contributed by atoms with Gasteiger partial charge in [0.1, 0.15) is 0 Å². The Hall–Kier alpha value is -2.11. The van der Waals surface area contributed by atoms with E-state index in [-0.39, 0.29) is 17.6 Å². The van der Waals surface area contributed by atoms with Crippen LogP contribution in [0.5, 0.6) is 0 Å². The first-order chi connectivity index (χ1) is 8.49. The van der Waals surface area contributed by atoms with E-state index in [1.165, 1.54) is 18.2 Å². The topological polar surface area (TPSA) is 84.3 Å². The molecule has 1 unspecified atom stereocenters. The number of nitrogens with zero attached hydrogens (tertiary/aromatic N) is 1. The Kier molecular flexibility index (Phi) is 3.18. The molecule has 0 saturated carbocycles. The van der Waals surface area contributed by atoms with Crippen molar-refractivity contribution in [3.8, 4) is 0 Å². The highest BCUT2D eigenvalue weighted by Crippen LogP contribution is 2.24. The fourth-order valence-electron chi connectivity index (χ4n) is 1.91. The molecule has 1 atom stereocenters. The lowest BCUT2D eigenvalue weighted by atomic mass is 10.0. The van der Waals surface area contributed by atoms with Gasteiger partial charge in [-0.2, -0.15) is 0 Å². The molecule has 0 aromatic heterocycles. The van der Waals surface area contributed by atoms with Crippen molar-refractivity contribution in [2.45, 2.75) is 19.9 Å². The van der Waals surface area contributed by atoms with E-state index in [0.29, 0.717) is 23.7 Å². The molecule has 0 radical (unpaired) electrons. The van der Waals surface area contributed by atoms with Crippen LogP contribution in [0.3, 0.4) is 0 Å². The zero-order valence-corrected chi connectivity index (χ0v) is 10.3. The fourth-order valence-corrected chi connectivity index (χ4v) is 1.91. The Morgan fingerprint density at radius 2 is 2.17 bits per heavy atom. The van der Waals surface area contributed by atoms with Gasteiger partial charge in [0.05, 0.1) is 16.2 Å². The van der Waals surface area contributed by atoms with Crippen molar-refractivity contribution in [1.29, 1.82) is 0 Å². The monoisotopic (exact) mass is 249 g/mol. The van der Waals surface area contributed by atoms with Crippen LogP contribution in [0.15, 0.2) is 18.2 Å². The van der Waals surface area contributed by atoms with Crippen molar-refractivity contribution in [3.63, 3.8) is 0 Å². The molecule has 2 N–H and O–H groups in total. The van der Waals surface area contributed by atoms with Gasteiger partial charge in [-0.25, -0.2) is 0 Å². The number of carbonyl (C=O) groups excluding carboxylic acids is 1. The van der Waals surface area contributed by atoms with Crippen molar-refractivity contribution in [2.24, 2.45) is 5.92 Å². The minimum absolute atomic E-state index is 0.0166. The Morgan fingerprint density at radius 3 is 2.78 bits per heavy atom. The van der Waals surface area contributed by atoms with Crippen LogP contribution in [0, 0.1) is 16.0 Å². The minimum atomic E-state index is -0.468. The molecule has 0 bridgehead atoms. The number of nitrogens with one attached hydrogen (secondary N) is 2. The highest BCUT2D eigenvalue weighted by Gasteiger charge is 2.24. The second-order valence-corrected chi connectivity index (χ2v) is 4.69. The van der Waals surface area contributed by atoms with Crippen LogP contribution >= 0.6 is 0 Å². The first-order valence-corrected chi connectivity index (χ1v) is 5.82. The lowest BCUT2D eigenvalue weighted by Gasteiger charge is -2.19. The summed E-state index contributed by atoms with van der Waals surface area (Å²) in [6, 6.07) is 4.25. The molecule has 6 nitrogen and oxygen atoms in total. The van der Waals surface area contributed by atoms with E-state index in [2.05, 4.69) is 10.6 Å². The normalized spacial score (nSPS) is 18.6. The van der Waals surface area contributed by atoms with Gasteiger partial charge >= 0.3 is 0 Å². The van der Waals surface area contributed by atoms with E-state index in [9.17, 15) is 14.9 Å². The predicted molar refractivity (Wildman–Crippen MR) is 67.7 cm³/mol. The number of carbonyl (C=O) groups is 1. The summed E-state index contributed by atoms with van der Waals surface area (Å²) in [5, 5.41) is 16.7. The van der Waals surface area contributed by atoms with Gasteiger partial charge in [0, 0.05) is 24.7 Å². The summed E-state index contributed by atoms with van der Waals surface area (Å²) in [5.41, 5.74) is 0.950. The second-order valence-electron chi connectivity index (χ2n) is 4.69. The summed E-state index contributed by atoms with van der Waals surface area (Å²) in [4.78, 5) is 22.2. The van der Waals surface area contributed by atoms with Crippen molar-refractivity contribution in [2.75, 3.05) is 11.9 Å². The molecule has 18 heavy (non-hydrogen) atoms. The summed E-state index contributed by atoms with van der Waals surface area (Å²) in [5.74, 6) is 0.106. The average Bonchev–Trinajstić information content (AvgIpc) is 2.48. The van der Waals surface area contributed by atoms with Crippen LogP contribution in [0.2, 0.25) is 0 Å². The number of rotatable bonds is 2. The van der Waals surface area contributed by atoms with Gasteiger partial charge in [0.2, 0.25) is 0 Å². The maximum absolute atomic E-state index is 12.0. The lowest BCUT2D eigenvalue weighted by Crippen LogP contribution is -2.40. The molecule has 1 amide bonds. The Labute approximate surface area is 105 Å². The Bertz CT molecular complexity index is 499. The number of benzene rings is 1. The zero-order chi connectivity index (χ0) is 13.3. The van der Waals surface area contributed by atoms with Gasteiger partial charge in [-0.3, -0.25) is 14.9 Å². The number of hydrogen-bond donors (Lipinski definition) is 2. The standard InChI is InChI=1S/C12H15N3O3/c1-7(2)11-6-13-10-5-8(15(17)18)3-4-9(10)12(16)14-11/h3-5,7,11,13H,6H2,1-2H3,(H,14,16). The number of fused-ring (bicyclic) bond motifs is 1. The third-order valence-electron chi connectivity index (χ3n) is 3.09. The maximum Gasteiger partial charge on any atom is 0.271 e. The lowest BCUT2D eigenvalue weighted by molar-refractivity contribution is -0.384. The molecule has 1 aromatic carbocycles. The highest BCUT2D eigenvalue weighted by atomic mass is 16.6. The van der Waals surface area contributed by atoms with Crippen molar-refractivity contribution >= 4 is 17.3 Å². The van der Waals surface area contributed by atoms with Crippen molar-refractivity contribution in [1.82, 2.24) is 5.32 Å². The van der Waals surface area contributed by atoms with Gasteiger partial charge in [0.15, 0.2) is 0 Å². The number of nitro benzene ring substituents is 1. The molecule has 0 fully saturated rings. The second kappa shape index (κ2) is 4.64. The van der Waals surface area contributed by atoms with Gasteiger partial charge in [-0.05, 0) is 12.0 Å². The fraction of sp³-hybridized carbons (Fsp3) is 0.417. The summed E-state index contributed by atoms with van der Waals surface area (Å²) in [6.45, 7) is 4.60. The largest absolute Gasteiger partial charge is 0.382 e. The quantitative estimate of drug-likeness (QED) is 0.618.